The summed E-state index contributed by atoms with van der Waals surface area (Å²) in [6, 6.07) is 9.29. The first-order valence-corrected chi connectivity index (χ1v) is 8.80. The molecule has 1 aliphatic rings. The van der Waals surface area contributed by atoms with E-state index in [2.05, 4.69) is 15.3 Å². The molecular weight excluding hydrogens is 363 g/mol. The van der Waals surface area contributed by atoms with E-state index >= 15 is 0 Å². The molecular formula is C20H17FN4O3. The number of fused-ring (bicyclic) bond motifs is 1. The maximum Gasteiger partial charge on any atom is 0.307 e. The van der Waals surface area contributed by atoms with Gasteiger partial charge in [-0.3, -0.25) is 14.6 Å². The number of carbonyl (C=O) groups is 2. The van der Waals surface area contributed by atoms with Crippen molar-refractivity contribution in [3.8, 4) is 0 Å². The molecule has 0 fully saturated rings. The molecule has 3 aromatic rings. The predicted molar refractivity (Wildman–Crippen MR) is 96.8 cm³/mol. The highest BCUT2D eigenvalue weighted by Gasteiger charge is 2.30. The Labute approximate surface area is 160 Å². The van der Waals surface area contributed by atoms with E-state index in [1.165, 1.54) is 23.1 Å². The van der Waals surface area contributed by atoms with Gasteiger partial charge in [0, 0.05) is 24.5 Å². The molecule has 4 rings (SSSR count). The number of hydrogen-bond donors (Lipinski definition) is 1. The molecule has 1 aliphatic heterocycles. The van der Waals surface area contributed by atoms with Crippen LogP contribution in [0.4, 0.5) is 4.39 Å². The van der Waals surface area contributed by atoms with Crippen molar-refractivity contribution in [1.29, 1.82) is 0 Å². The molecule has 0 aliphatic carbocycles. The number of nitrogens with one attached hydrogen (secondary N) is 1. The van der Waals surface area contributed by atoms with Crippen molar-refractivity contribution in [3.63, 3.8) is 0 Å². The first-order chi connectivity index (χ1) is 13.6. The van der Waals surface area contributed by atoms with E-state index in [1.807, 2.05) is 12.1 Å². The molecule has 0 radical (unpaired) electrons. The second-order valence-electron chi connectivity index (χ2n) is 6.43. The van der Waals surface area contributed by atoms with Crippen LogP contribution in [0.5, 0.6) is 0 Å². The van der Waals surface area contributed by atoms with Crippen molar-refractivity contribution >= 4 is 11.8 Å². The molecule has 1 aromatic carbocycles. The highest BCUT2D eigenvalue weighted by atomic mass is 19.1. The molecule has 7 nitrogen and oxygen atoms in total. The lowest BCUT2D eigenvalue weighted by Gasteiger charge is -2.15. The second kappa shape index (κ2) is 7.59. The minimum Gasteiger partial charge on any atom is -0.435 e. The fraction of sp³-hybridized carbons (Fsp3) is 0.200. The number of pyridine rings is 1. The van der Waals surface area contributed by atoms with Gasteiger partial charge in [0.1, 0.15) is 17.3 Å². The van der Waals surface area contributed by atoms with Gasteiger partial charge in [0.15, 0.2) is 0 Å². The summed E-state index contributed by atoms with van der Waals surface area (Å²) in [6.07, 6.45) is 4.09. The molecule has 142 valence electrons. The molecule has 0 atom stereocenters. The summed E-state index contributed by atoms with van der Waals surface area (Å²) >= 11 is 0. The van der Waals surface area contributed by atoms with E-state index in [0.717, 1.165) is 5.56 Å². The fourth-order valence-electron chi connectivity index (χ4n) is 3.03. The molecule has 0 saturated heterocycles. The van der Waals surface area contributed by atoms with E-state index in [1.54, 1.807) is 18.5 Å². The number of oxazole rings is 1. The van der Waals surface area contributed by atoms with Crippen LogP contribution >= 0.6 is 0 Å². The van der Waals surface area contributed by atoms with Crippen molar-refractivity contribution in [2.45, 2.75) is 19.5 Å². The number of benzene rings is 1. The average molecular weight is 380 g/mol. The highest BCUT2D eigenvalue weighted by Crippen LogP contribution is 2.25. The Morgan fingerprint density at radius 3 is 2.86 bits per heavy atom. The smallest absolute Gasteiger partial charge is 0.307 e. The quantitative estimate of drug-likeness (QED) is 0.734. The first-order valence-electron chi connectivity index (χ1n) is 8.80. The van der Waals surface area contributed by atoms with Crippen molar-refractivity contribution in [3.05, 3.63) is 83.1 Å². The lowest BCUT2D eigenvalue weighted by atomic mass is 10.2. The van der Waals surface area contributed by atoms with Crippen LogP contribution in [0.1, 0.15) is 38.1 Å². The minimum absolute atomic E-state index is 0.0194. The van der Waals surface area contributed by atoms with Crippen LogP contribution in [0.15, 0.2) is 53.2 Å². The van der Waals surface area contributed by atoms with Crippen LogP contribution in [0, 0.1) is 5.82 Å². The van der Waals surface area contributed by atoms with Crippen molar-refractivity contribution in [2.24, 2.45) is 0 Å². The van der Waals surface area contributed by atoms with E-state index in [0.29, 0.717) is 24.4 Å². The molecule has 8 heteroatoms. The Kier molecular flexibility index (Phi) is 4.84. The summed E-state index contributed by atoms with van der Waals surface area (Å²) in [5.41, 5.74) is 1.82. The summed E-state index contributed by atoms with van der Waals surface area (Å²) in [5.74, 6) is -0.724. The van der Waals surface area contributed by atoms with Gasteiger partial charge in [0.05, 0.1) is 13.1 Å². The van der Waals surface area contributed by atoms with Crippen LogP contribution in [0.2, 0.25) is 0 Å². The fourth-order valence-corrected chi connectivity index (χ4v) is 3.03. The highest BCUT2D eigenvalue weighted by molar-refractivity contribution is 5.94. The van der Waals surface area contributed by atoms with Crippen LogP contribution < -0.4 is 5.32 Å². The molecule has 28 heavy (non-hydrogen) atoms. The molecule has 0 saturated carbocycles. The van der Waals surface area contributed by atoms with Crippen LogP contribution in [-0.4, -0.2) is 33.2 Å². The zero-order chi connectivity index (χ0) is 19.5. The van der Waals surface area contributed by atoms with Crippen LogP contribution in [-0.2, 0) is 19.5 Å². The topological polar surface area (TPSA) is 88.3 Å². The van der Waals surface area contributed by atoms with Crippen molar-refractivity contribution in [2.75, 3.05) is 6.54 Å². The number of carbonyl (C=O) groups excluding carboxylic acids is 2. The van der Waals surface area contributed by atoms with Gasteiger partial charge in [0.2, 0.25) is 0 Å². The van der Waals surface area contributed by atoms with Gasteiger partial charge in [-0.25, -0.2) is 9.37 Å². The molecule has 1 N–H and O–H groups in total. The van der Waals surface area contributed by atoms with E-state index in [-0.39, 0.29) is 30.5 Å². The molecule has 2 amide bonds. The van der Waals surface area contributed by atoms with Crippen molar-refractivity contribution in [1.82, 2.24) is 20.2 Å². The van der Waals surface area contributed by atoms with Gasteiger partial charge in [0.25, 0.3) is 11.8 Å². The Hall–Kier alpha value is -3.55. The van der Waals surface area contributed by atoms with Crippen LogP contribution in [0.3, 0.4) is 0 Å². The summed E-state index contributed by atoms with van der Waals surface area (Å²) < 4.78 is 18.8. The van der Waals surface area contributed by atoms with Crippen molar-refractivity contribution < 1.29 is 18.4 Å². The zero-order valence-electron chi connectivity index (χ0n) is 14.9. The Balaban J connectivity index is 1.34. The lowest BCUT2D eigenvalue weighted by Crippen LogP contribution is -2.27. The molecule has 0 unspecified atom stereocenters. The number of nitrogens with zero attached hydrogens (tertiary/aromatic N) is 3. The summed E-state index contributed by atoms with van der Waals surface area (Å²) in [4.78, 5) is 34.4. The van der Waals surface area contributed by atoms with Gasteiger partial charge >= 0.3 is 5.91 Å². The van der Waals surface area contributed by atoms with Gasteiger partial charge in [-0.05, 0) is 36.2 Å². The predicted octanol–water partition coefficient (Wildman–Crippen LogP) is 2.34. The monoisotopic (exact) mass is 380 g/mol. The van der Waals surface area contributed by atoms with Gasteiger partial charge < -0.3 is 14.6 Å². The number of amides is 2. The number of halogens is 1. The Morgan fingerprint density at radius 1 is 1.21 bits per heavy atom. The third-order valence-electron chi connectivity index (χ3n) is 4.43. The van der Waals surface area contributed by atoms with Crippen LogP contribution in [0.25, 0.3) is 0 Å². The third-order valence-corrected chi connectivity index (χ3v) is 4.43. The summed E-state index contributed by atoms with van der Waals surface area (Å²) in [6.45, 7) is 0.847. The SMILES string of the molecule is O=C(NCCc1cccnc1)c1nc2c(o1)CN(C(=O)c1cccc(F)c1)C2. The van der Waals surface area contributed by atoms with Gasteiger partial charge in [-0.1, -0.05) is 12.1 Å². The first kappa shape index (κ1) is 17.8. The maximum absolute atomic E-state index is 13.3. The lowest BCUT2D eigenvalue weighted by molar-refractivity contribution is 0.0740. The standard InChI is InChI=1S/C20H17FN4O3/c21-15-5-1-4-14(9-15)20(27)25-11-16-17(12-25)28-19(24-16)18(26)23-8-6-13-3-2-7-22-10-13/h1-5,7,9-10H,6,8,11-12H2,(H,23,26). The largest absolute Gasteiger partial charge is 0.435 e. The Morgan fingerprint density at radius 2 is 2.11 bits per heavy atom. The maximum atomic E-state index is 13.3. The number of aromatic nitrogens is 2. The Bertz CT molecular complexity index is 996. The second-order valence-corrected chi connectivity index (χ2v) is 6.43. The zero-order valence-corrected chi connectivity index (χ0v) is 14.9. The normalized spacial score (nSPS) is 12.7. The average Bonchev–Trinajstić information content (AvgIpc) is 3.27. The summed E-state index contributed by atoms with van der Waals surface area (Å²) in [5, 5.41) is 2.76. The molecule has 0 spiro atoms. The molecule has 3 heterocycles. The van der Waals surface area contributed by atoms with E-state index in [9.17, 15) is 14.0 Å². The van der Waals surface area contributed by atoms with E-state index < -0.39 is 11.7 Å². The van der Waals surface area contributed by atoms with Gasteiger partial charge in [-0.2, -0.15) is 0 Å². The summed E-state index contributed by atoms with van der Waals surface area (Å²) in [7, 11) is 0. The number of hydrogen-bond acceptors (Lipinski definition) is 5. The van der Waals surface area contributed by atoms with Gasteiger partial charge in [-0.15, -0.1) is 0 Å². The third kappa shape index (κ3) is 3.75. The molecule has 2 aromatic heterocycles. The van der Waals surface area contributed by atoms with E-state index in [4.69, 9.17) is 4.42 Å². The minimum atomic E-state index is -0.468. The molecule has 0 bridgehead atoms. The number of rotatable bonds is 5.